The lowest BCUT2D eigenvalue weighted by Gasteiger charge is -2.38. The van der Waals surface area contributed by atoms with Crippen LogP contribution >= 0.6 is 0 Å². The van der Waals surface area contributed by atoms with Gasteiger partial charge in [0.25, 0.3) is 11.8 Å². The van der Waals surface area contributed by atoms with Gasteiger partial charge in [0.1, 0.15) is 6.04 Å². The highest BCUT2D eigenvalue weighted by Crippen LogP contribution is 2.36. The van der Waals surface area contributed by atoms with Crippen LogP contribution in [0, 0.1) is 5.92 Å². The molecular weight excluding hydrogens is 729 g/mol. The molecule has 0 saturated carbocycles. The summed E-state index contributed by atoms with van der Waals surface area (Å²) in [5.41, 5.74) is 8.97. The van der Waals surface area contributed by atoms with Crippen molar-refractivity contribution >= 4 is 58.7 Å². The van der Waals surface area contributed by atoms with E-state index in [1.165, 1.54) is 16.8 Å². The molecule has 3 N–H and O–H groups in total. The van der Waals surface area contributed by atoms with Crippen molar-refractivity contribution in [1.29, 1.82) is 0 Å². The first kappa shape index (κ1) is 39.3. The van der Waals surface area contributed by atoms with Crippen molar-refractivity contribution in [3.63, 3.8) is 0 Å². The predicted octanol–water partition coefficient (Wildman–Crippen LogP) is 4.57. The zero-order valence-corrected chi connectivity index (χ0v) is 33.0. The molecule has 8 rings (SSSR count). The number of rotatable bonds is 11. The number of imide groups is 2. The Bertz CT molecular complexity index is 2190. The fourth-order valence-corrected chi connectivity index (χ4v) is 9.07. The minimum absolute atomic E-state index is 0.0988. The van der Waals surface area contributed by atoms with E-state index < -0.39 is 30.9 Å². The van der Waals surface area contributed by atoms with Crippen LogP contribution in [0.5, 0.6) is 0 Å². The second-order valence-electron chi connectivity index (χ2n) is 15.8. The number of hydrogen-bond acceptors (Lipinski definition) is 9. The summed E-state index contributed by atoms with van der Waals surface area (Å²) < 4.78 is 0. The number of benzene rings is 4. The van der Waals surface area contributed by atoms with E-state index in [0.717, 1.165) is 98.8 Å². The molecule has 1 atom stereocenters. The zero-order chi connectivity index (χ0) is 40.3. The summed E-state index contributed by atoms with van der Waals surface area (Å²) in [6.07, 6.45) is 4.57. The quantitative estimate of drug-likeness (QED) is 0.114. The average molecular weight is 780 g/mol. The number of carbonyl (C=O) groups is 4. The summed E-state index contributed by atoms with van der Waals surface area (Å²) in [4.78, 5) is 58.9. The molecule has 4 aromatic rings. The van der Waals surface area contributed by atoms with E-state index in [1.54, 1.807) is 24.3 Å². The molecule has 4 aromatic carbocycles. The second-order valence-corrected chi connectivity index (χ2v) is 15.8. The minimum Gasteiger partial charge on any atom is -0.423 e. The maximum absolute atomic E-state index is 13.3. The molecule has 4 amide bonds. The van der Waals surface area contributed by atoms with Crippen molar-refractivity contribution in [2.24, 2.45) is 5.92 Å². The molecule has 3 fully saturated rings. The van der Waals surface area contributed by atoms with Crippen LogP contribution in [0.2, 0.25) is 0 Å². The van der Waals surface area contributed by atoms with Crippen LogP contribution < -0.4 is 20.6 Å². The highest BCUT2D eigenvalue weighted by molar-refractivity contribution is 6.58. The standard InChI is InChI=1S/C46H50BN5O6/c1-2-38(32-6-4-3-5-7-32)43(33-8-12-35(13-9-33)47(57)58)34-10-14-36(15-11-34)50-24-21-31(22-25-50)20-23-49-26-28-51(29-27-49)37-16-17-39-40(30-37)46(56)52(45(39)55)41-18-19-42(53)48-44(41)54/h3-17,30-31,41,57-58H,2,18-29H2,1H3,(H,48,53,54)/b43-38+. The summed E-state index contributed by atoms with van der Waals surface area (Å²) in [6, 6.07) is 31.3. The molecule has 3 saturated heterocycles. The largest absolute Gasteiger partial charge is 0.488 e. The van der Waals surface area contributed by atoms with Gasteiger partial charge in [-0.3, -0.25) is 34.3 Å². The van der Waals surface area contributed by atoms with Crippen LogP contribution in [0.25, 0.3) is 11.1 Å². The summed E-state index contributed by atoms with van der Waals surface area (Å²) in [5.74, 6) is -1.26. The van der Waals surface area contributed by atoms with Gasteiger partial charge in [0.05, 0.1) is 11.1 Å². The lowest BCUT2D eigenvalue weighted by Crippen LogP contribution is -2.54. The molecule has 4 aliphatic heterocycles. The van der Waals surface area contributed by atoms with Gasteiger partial charge in [-0.25, -0.2) is 0 Å². The van der Waals surface area contributed by atoms with Crippen molar-refractivity contribution < 1.29 is 29.2 Å². The van der Waals surface area contributed by atoms with Gasteiger partial charge in [-0.05, 0) is 108 Å². The Morgan fingerprint density at radius 3 is 1.95 bits per heavy atom. The number of piperazine rings is 1. The molecule has 58 heavy (non-hydrogen) atoms. The fraction of sp³-hybridized carbons (Fsp3) is 0.348. The lowest BCUT2D eigenvalue weighted by atomic mass is 9.79. The van der Waals surface area contributed by atoms with Gasteiger partial charge in [0, 0.05) is 57.1 Å². The van der Waals surface area contributed by atoms with Gasteiger partial charge in [-0.2, -0.15) is 0 Å². The van der Waals surface area contributed by atoms with Crippen molar-refractivity contribution in [2.45, 2.75) is 51.5 Å². The molecule has 298 valence electrons. The van der Waals surface area contributed by atoms with Crippen LogP contribution in [-0.2, 0) is 9.59 Å². The summed E-state index contributed by atoms with van der Waals surface area (Å²) in [5, 5.41) is 21.6. The number of nitrogens with one attached hydrogen (secondary N) is 1. The number of piperidine rings is 2. The normalized spacial score (nSPS) is 19.6. The minimum atomic E-state index is -1.50. The number of amides is 4. The van der Waals surface area contributed by atoms with E-state index in [2.05, 4.69) is 75.5 Å². The van der Waals surface area contributed by atoms with Gasteiger partial charge < -0.3 is 19.8 Å². The zero-order valence-electron chi connectivity index (χ0n) is 33.0. The molecule has 0 radical (unpaired) electrons. The smallest absolute Gasteiger partial charge is 0.423 e. The van der Waals surface area contributed by atoms with Crippen LogP contribution in [0.3, 0.4) is 0 Å². The first-order valence-corrected chi connectivity index (χ1v) is 20.6. The van der Waals surface area contributed by atoms with Gasteiger partial charge in [-0.15, -0.1) is 0 Å². The molecule has 1 unspecified atom stereocenters. The van der Waals surface area contributed by atoms with E-state index in [4.69, 9.17) is 0 Å². The van der Waals surface area contributed by atoms with E-state index in [-0.39, 0.29) is 18.7 Å². The van der Waals surface area contributed by atoms with Crippen LogP contribution in [-0.4, -0.2) is 102 Å². The van der Waals surface area contributed by atoms with E-state index in [1.807, 2.05) is 24.3 Å². The predicted molar refractivity (Wildman–Crippen MR) is 227 cm³/mol. The van der Waals surface area contributed by atoms with E-state index >= 15 is 0 Å². The Morgan fingerprint density at radius 1 is 0.690 bits per heavy atom. The molecule has 0 spiro atoms. The summed E-state index contributed by atoms with van der Waals surface area (Å²) in [6.45, 7) is 8.78. The third kappa shape index (κ3) is 8.09. The van der Waals surface area contributed by atoms with E-state index in [0.29, 0.717) is 22.5 Å². The first-order valence-electron chi connectivity index (χ1n) is 20.6. The Morgan fingerprint density at radius 2 is 1.31 bits per heavy atom. The van der Waals surface area contributed by atoms with Crippen LogP contribution in [0.4, 0.5) is 11.4 Å². The molecule has 11 nitrogen and oxygen atoms in total. The van der Waals surface area contributed by atoms with Gasteiger partial charge in [-0.1, -0.05) is 73.7 Å². The van der Waals surface area contributed by atoms with Crippen molar-refractivity contribution in [3.8, 4) is 0 Å². The van der Waals surface area contributed by atoms with Crippen LogP contribution in [0.15, 0.2) is 97.1 Å². The molecule has 12 heteroatoms. The number of allylic oxidation sites excluding steroid dienone is 1. The number of nitrogens with zero attached hydrogens (tertiary/aromatic N) is 4. The highest BCUT2D eigenvalue weighted by Gasteiger charge is 2.45. The molecular formula is C46H50BN5O6. The van der Waals surface area contributed by atoms with Gasteiger partial charge >= 0.3 is 7.12 Å². The number of anilines is 2. The third-order valence-corrected chi connectivity index (χ3v) is 12.4. The molecule has 4 aliphatic rings. The lowest BCUT2D eigenvalue weighted by molar-refractivity contribution is -0.136. The van der Waals surface area contributed by atoms with Gasteiger partial charge in [0.2, 0.25) is 11.8 Å². The van der Waals surface area contributed by atoms with Crippen molar-refractivity contribution in [2.75, 3.05) is 55.6 Å². The second kappa shape index (κ2) is 17.1. The van der Waals surface area contributed by atoms with E-state index in [9.17, 15) is 29.2 Å². The maximum Gasteiger partial charge on any atom is 0.488 e. The average Bonchev–Trinajstić information content (AvgIpc) is 3.50. The maximum atomic E-state index is 13.3. The molecule has 0 bridgehead atoms. The highest BCUT2D eigenvalue weighted by atomic mass is 16.4. The number of hydrogen-bond donors (Lipinski definition) is 3. The number of fused-ring (bicyclic) bond motifs is 1. The monoisotopic (exact) mass is 779 g/mol. The molecule has 0 aromatic heterocycles. The topological polar surface area (TPSA) is 134 Å². The van der Waals surface area contributed by atoms with Crippen LogP contribution in [0.1, 0.15) is 82.9 Å². The SMILES string of the molecule is CC/C(=C(/c1ccc(B(O)O)cc1)c1ccc(N2CCC(CCN3CCN(c4ccc5c(c4)C(=O)N(C4CCC(=O)NC4=O)C5=O)CC3)CC2)cc1)c1ccccc1. The summed E-state index contributed by atoms with van der Waals surface area (Å²) in [7, 11) is -1.50. The summed E-state index contributed by atoms with van der Waals surface area (Å²) >= 11 is 0. The molecule has 4 heterocycles. The van der Waals surface area contributed by atoms with Crippen molar-refractivity contribution in [3.05, 3.63) is 125 Å². The van der Waals surface area contributed by atoms with Gasteiger partial charge in [0.15, 0.2) is 0 Å². The Balaban J connectivity index is 0.839. The third-order valence-electron chi connectivity index (χ3n) is 12.4. The fourth-order valence-electron chi connectivity index (χ4n) is 9.07. The molecule has 0 aliphatic carbocycles. The van der Waals surface area contributed by atoms with Crippen molar-refractivity contribution in [1.82, 2.24) is 15.1 Å². The Hall–Kier alpha value is -5.56. The number of carbonyl (C=O) groups excluding carboxylic acids is 4. The Kier molecular flexibility index (Phi) is 11.6. The Labute approximate surface area is 340 Å². The first-order chi connectivity index (χ1) is 28.2.